The number of aryl methyl sites for hydroxylation is 3. The molecule has 5 heterocycles. The number of ether oxygens (including phenoxy) is 1. The van der Waals surface area contributed by atoms with Gasteiger partial charge in [0.15, 0.2) is 0 Å². The molecule has 0 unspecified atom stereocenters. The molecule has 0 aliphatic carbocycles. The van der Waals surface area contributed by atoms with Crippen molar-refractivity contribution < 1.29 is 25.8 Å². The van der Waals surface area contributed by atoms with Gasteiger partial charge in [0, 0.05) is 40.8 Å². The Hall–Kier alpha value is -4.84. The first-order valence-corrected chi connectivity index (χ1v) is 15.6. The summed E-state index contributed by atoms with van der Waals surface area (Å²) >= 11 is 1.71. The molecule has 6 nitrogen and oxygen atoms in total. The van der Waals surface area contributed by atoms with Crippen molar-refractivity contribution in [2.45, 2.75) is 20.8 Å². The summed E-state index contributed by atoms with van der Waals surface area (Å²) < 4.78 is 12.8. The first-order chi connectivity index (χ1) is 22.0. The van der Waals surface area contributed by atoms with E-state index in [4.69, 9.17) is 19.8 Å². The van der Waals surface area contributed by atoms with Crippen molar-refractivity contribution in [3.05, 3.63) is 126 Å². The average Bonchev–Trinajstić information content (AvgIpc) is 3.80. The Labute approximate surface area is 283 Å². The van der Waals surface area contributed by atoms with Gasteiger partial charge in [-0.25, -0.2) is 4.98 Å². The van der Waals surface area contributed by atoms with Gasteiger partial charge in [-0.1, -0.05) is 64.2 Å². The molecular formula is C38H25N5OPtS. The van der Waals surface area contributed by atoms with Crippen LogP contribution in [0.4, 0.5) is 0 Å². The number of hydrogen-bond acceptors (Lipinski definition) is 5. The van der Waals surface area contributed by atoms with E-state index in [1.165, 1.54) is 26.8 Å². The molecule has 46 heavy (non-hydrogen) atoms. The van der Waals surface area contributed by atoms with Gasteiger partial charge < -0.3 is 9.14 Å². The van der Waals surface area contributed by atoms with Crippen LogP contribution in [0.25, 0.3) is 64.6 Å². The van der Waals surface area contributed by atoms with E-state index < -0.39 is 0 Å². The molecule has 9 aromatic rings. The maximum absolute atomic E-state index is 6.68. The van der Waals surface area contributed by atoms with Crippen LogP contribution in [0.1, 0.15) is 16.7 Å². The summed E-state index contributed by atoms with van der Waals surface area (Å²) in [7, 11) is 0. The first kappa shape index (κ1) is 28.6. The largest absolute Gasteiger partial charge is 2.00 e. The van der Waals surface area contributed by atoms with Crippen molar-refractivity contribution >= 4 is 59.0 Å². The molecule has 9 rings (SSSR count). The quantitative estimate of drug-likeness (QED) is 0.132. The SMILES string of the molecule is Cc1cc(C)c(-c2ccn(-c3[c-]c(Oc4[c-]c5c(c6cccnc6n6ccnc56)c5c4sc4ccccc45)ccc3)n2)c(C)c1.[Pt+2]. The molecule has 0 radical (unpaired) electrons. The third-order valence-electron chi connectivity index (χ3n) is 8.42. The van der Waals surface area contributed by atoms with E-state index >= 15 is 0 Å². The predicted octanol–water partition coefficient (Wildman–Crippen LogP) is 9.57. The van der Waals surface area contributed by atoms with Crippen molar-refractivity contribution in [1.82, 2.24) is 24.1 Å². The number of pyridine rings is 2. The molecule has 0 aliphatic rings. The Balaban J connectivity index is 0.00000312. The topological polar surface area (TPSA) is 57.2 Å². The van der Waals surface area contributed by atoms with E-state index in [0.717, 1.165) is 54.5 Å². The minimum absolute atomic E-state index is 0. The van der Waals surface area contributed by atoms with Crippen LogP contribution in [0.2, 0.25) is 0 Å². The monoisotopic (exact) mass is 794 g/mol. The Morgan fingerprint density at radius 1 is 0.761 bits per heavy atom. The van der Waals surface area contributed by atoms with Crippen LogP contribution in [0.15, 0.2) is 97.6 Å². The fourth-order valence-electron chi connectivity index (χ4n) is 6.68. The van der Waals surface area contributed by atoms with Crippen LogP contribution in [-0.2, 0) is 21.1 Å². The first-order valence-electron chi connectivity index (χ1n) is 14.8. The summed E-state index contributed by atoms with van der Waals surface area (Å²) in [5, 5.41) is 10.3. The Bertz CT molecular complexity index is 2610. The molecule has 0 saturated carbocycles. The van der Waals surface area contributed by atoms with Gasteiger partial charge in [0.05, 0.1) is 17.1 Å². The third kappa shape index (κ3) is 4.38. The van der Waals surface area contributed by atoms with Crippen molar-refractivity contribution in [3.63, 3.8) is 0 Å². The summed E-state index contributed by atoms with van der Waals surface area (Å²) in [6, 6.07) is 32.0. The molecule has 5 aromatic heterocycles. The van der Waals surface area contributed by atoms with Gasteiger partial charge in [-0.3, -0.25) is 9.67 Å². The van der Waals surface area contributed by atoms with Crippen LogP contribution in [0.5, 0.6) is 11.5 Å². The molecule has 4 aromatic carbocycles. The molecule has 0 aliphatic heterocycles. The summed E-state index contributed by atoms with van der Waals surface area (Å²) in [6.45, 7) is 6.40. The zero-order chi connectivity index (χ0) is 30.2. The predicted molar refractivity (Wildman–Crippen MR) is 182 cm³/mol. The number of nitrogens with zero attached hydrogens (tertiary/aromatic N) is 5. The van der Waals surface area contributed by atoms with E-state index in [9.17, 15) is 0 Å². The molecule has 0 fully saturated rings. The van der Waals surface area contributed by atoms with Crippen molar-refractivity contribution in [2.75, 3.05) is 0 Å². The third-order valence-corrected chi connectivity index (χ3v) is 9.59. The number of imidazole rings is 1. The van der Waals surface area contributed by atoms with Gasteiger partial charge in [-0.15, -0.1) is 18.2 Å². The molecule has 0 N–H and O–H groups in total. The molecule has 0 bridgehead atoms. The number of rotatable bonds is 4. The van der Waals surface area contributed by atoms with Crippen LogP contribution in [-0.4, -0.2) is 24.1 Å². The fourth-order valence-corrected chi connectivity index (χ4v) is 7.82. The normalized spacial score (nSPS) is 11.6. The van der Waals surface area contributed by atoms with Crippen LogP contribution in [0.3, 0.4) is 0 Å². The Morgan fingerprint density at radius 2 is 1.57 bits per heavy atom. The van der Waals surface area contributed by atoms with Crippen LogP contribution in [0, 0.1) is 32.9 Å². The van der Waals surface area contributed by atoms with Gasteiger partial charge in [-0.2, -0.15) is 22.5 Å². The summed E-state index contributed by atoms with van der Waals surface area (Å²) in [5.74, 6) is 1.23. The maximum atomic E-state index is 6.68. The zero-order valence-electron chi connectivity index (χ0n) is 25.1. The van der Waals surface area contributed by atoms with E-state index in [1.54, 1.807) is 11.3 Å². The Morgan fingerprint density at radius 3 is 2.43 bits per heavy atom. The molecular weight excluding hydrogens is 770 g/mol. The molecule has 0 amide bonds. The average molecular weight is 795 g/mol. The summed E-state index contributed by atoms with van der Waals surface area (Å²) in [4.78, 5) is 9.47. The van der Waals surface area contributed by atoms with Gasteiger partial charge in [0.1, 0.15) is 5.65 Å². The van der Waals surface area contributed by atoms with Gasteiger partial charge >= 0.3 is 21.1 Å². The van der Waals surface area contributed by atoms with Gasteiger partial charge in [0.2, 0.25) is 0 Å². The van der Waals surface area contributed by atoms with Gasteiger partial charge in [0.25, 0.3) is 0 Å². The standard InChI is InChI=1S/C38H25N5OS.Pt/c1-22-18-23(2)33(24(3)19-22)30-13-16-43(41-30)25-8-6-9-26(20-25)44-31-21-29-34(35-27-10-4-5-12-32(27)45-36(31)35)28-11-7-14-39-37(28)42-17-15-40-38(29)42;/h4-19H,1-3H3;/q-2;+2. The van der Waals surface area contributed by atoms with Crippen molar-refractivity contribution in [1.29, 1.82) is 0 Å². The maximum Gasteiger partial charge on any atom is 2.00 e. The number of hydrogen-bond donors (Lipinski definition) is 0. The molecule has 8 heteroatoms. The minimum Gasteiger partial charge on any atom is -0.501 e. The van der Waals surface area contributed by atoms with Crippen LogP contribution >= 0.6 is 11.3 Å². The van der Waals surface area contributed by atoms with Crippen molar-refractivity contribution in [2.24, 2.45) is 0 Å². The molecule has 0 spiro atoms. The Kier molecular flexibility index (Phi) is 6.78. The molecule has 224 valence electrons. The van der Waals surface area contributed by atoms with E-state index in [1.807, 2.05) is 58.1 Å². The van der Waals surface area contributed by atoms with Crippen LogP contribution < -0.4 is 4.74 Å². The smallest absolute Gasteiger partial charge is 0.501 e. The number of thiophene rings is 1. The second-order valence-electron chi connectivity index (χ2n) is 11.4. The van der Waals surface area contributed by atoms with E-state index in [2.05, 4.69) is 81.4 Å². The second kappa shape index (κ2) is 10.9. The molecule has 0 saturated heterocycles. The summed E-state index contributed by atoms with van der Waals surface area (Å²) in [6.07, 6.45) is 7.56. The van der Waals surface area contributed by atoms with E-state index in [-0.39, 0.29) is 21.1 Å². The second-order valence-corrected chi connectivity index (χ2v) is 12.5. The number of benzene rings is 4. The fraction of sp³-hybridized carbons (Fsp3) is 0.0789. The zero-order valence-corrected chi connectivity index (χ0v) is 28.2. The minimum atomic E-state index is 0. The van der Waals surface area contributed by atoms with Gasteiger partial charge in [-0.05, 0) is 71.3 Å². The molecule has 0 atom stereocenters. The summed E-state index contributed by atoms with van der Waals surface area (Å²) in [5.41, 5.74) is 8.24. The van der Waals surface area contributed by atoms with Crippen molar-refractivity contribution in [3.8, 4) is 28.4 Å². The van der Waals surface area contributed by atoms with E-state index in [0.29, 0.717) is 11.5 Å². The number of aromatic nitrogens is 5. The number of fused-ring (bicyclic) bond motifs is 10.